The van der Waals surface area contributed by atoms with Gasteiger partial charge in [-0.2, -0.15) is 0 Å². The van der Waals surface area contributed by atoms with E-state index in [4.69, 9.17) is 0 Å². The molecule has 21 heavy (non-hydrogen) atoms. The van der Waals surface area contributed by atoms with E-state index in [2.05, 4.69) is 52.7 Å². The van der Waals surface area contributed by atoms with E-state index in [-0.39, 0.29) is 0 Å². The molecular formula is C19H22N2. The van der Waals surface area contributed by atoms with E-state index in [1.807, 2.05) is 0 Å². The van der Waals surface area contributed by atoms with Crippen molar-refractivity contribution in [2.45, 2.75) is 32.2 Å². The van der Waals surface area contributed by atoms with Gasteiger partial charge in [0.25, 0.3) is 0 Å². The molecule has 0 aromatic heterocycles. The standard InChI is InChI=1S/C19H22N2/c1-2-6-15(7-3-1)14-20-18-11-10-16-8-4-12-21-13-5-9-17(18)19(16)21/h1-3,6-7,10-11,20H,4-5,8-9,12-14H2. The molecule has 108 valence electrons. The SMILES string of the molecule is c1ccc(CNc2ccc3c4c2CCCN4CCC3)cc1. The summed E-state index contributed by atoms with van der Waals surface area (Å²) in [6.45, 7) is 3.39. The summed E-state index contributed by atoms with van der Waals surface area (Å²) >= 11 is 0. The molecular weight excluding hydrogens is 256 g/mol. The van der Waals surface area contributed by atoms with Crippen molar-refractivity contribution in [1.29, 1.82) is 0 Å². The minimum absolute atomic E-state index is 0.909. The van der Waals surface area contributed by atoms with Gasteiger partial charge in [-0.25, -0.2) is 0 Å². The summed E-state index contributed by atoms with van der Waals surface area (Å²) in [5, 5.41) is 3.66. The monoisotopic (exact) mass is 278 g/mol. The van der Waals surface area contributed by atoms with E-state index in [0.717, 1.165) is 6.54 Å². The van der Waals surface area contributed by atoms with Crippen molar-refractivity contribution in [3.63, 3.8) is 0 Å². The first-order valence-corrected chi connectivity index (χ1v) is 8.09. The Hall–Kier alpha value is -1.96. The van der Waals surface area contributed by atoms with Crippen molar-refractivity contribution in [3.05, 3.63) is 59.2 Å². The maximum atomic E-state index is 3.66. The van der Waals surface area contributed by atoms with Gasteiger partial charge >= 0.3 is 0 Å². The molecule has 0 radical (unpaired) electrons. The highest BCUT2D eigenvalue weighted by molar-refractivity contribution is 5.72. The maximum absolute atomic E-state index is 3.66. The van der Waals surface area contributed by atoms with E-state index in [1.165, 1.54) is 50.0 Å². The van der Waals surface area contributed by atoms with Gasteiger partial charge in [0.15, 0.2) is 0 Å². The lowest BCUT2D eigenvalue weighted by Gasteiger charge is -2.37. The quantitative estimate of drug-likeness (QED) is 0.913. The van der Waals surface area contributed by atoms with Gasteiger partial charge in [0.05, 0.1) is 0 Å². The molecule has 0 atom stereocenters. The predicted octanol–water partition coefficient (Wildman–Crippen LogP) is 4.00. The molecule has 2 aliphatic heterocycles. The Morgan fingerprint density at radius 3 is 2.57 bits per heavy atom. The number of nitrogens with one attached hydrogen (secondary N) is 1. The number of aryl methyl sites for hydroxylation is 1. The fourth-order valence-electron chi connectivity index (χ4n) is 3.73. The summed E-state index contributed by atoms with van der Waals surface area (Å²) in [6, 6.07) is 15.3. The van der Waals surface area contributed by atoms with Gasteiger partial charge in [-0.1, -0.05) is 36.4 Å². The third-order valence-corrected chi connectivity index (χ3v) is 4.74. The fourth-order valence-corrected chi connectivity index (χ4v) is 3.73. The molecule has 0 spiro atoms. The van der Waals surface area contributed by atoms with Crippen LogP contribution in [0.4, 0.5) is 11.4 Å². The van der Waals surface area contributed by atoms with E-state index in [1.54, 1.807) is 16.8 Å². The second-order valence-corrected chi connectivity index (χ2v) is 6.13. The van der Waals surface area contributed by atoms with Gasteiger partial charge in [0.1, 0.15) is 0 Å². The van der Waals surface area contributed by atoms with Crippen LogP contribution < -0.4 is 10.2 Å². The first-order chi connectivity index (χ1) is 10.4. The van der Waals surface area contributed by atoms with Gasteiger partial charge in [-0.15, -0.1) is 0 Å². The summed E-state index contributed by atoms with van der Waals surface area (Å²) in [5.74, 6) is 0. The van der Waals surface area contributed by atoms with Crippen molar-refractivity contribution < 1.29 is 0 Å². The smallest absolute Gasteiger partial charge is 0.0452 e. The molecule has 2 heteroatoms. The average Bonchev–Trinajstić information content (AvgIpc) is 2.56. The molecule has 2 nitrogen and oxygen atoms in total. The first kappa shape index (κ1) is 12.8. The van der Waals surface area contributed by atoms with Gasteiger partial charge in [-0.05, 0) is 48.4 Å². The zero-order chi connectivity index (χ0) is 14.1. The van der Waals surface area contributed by atoms with Gasteiger partial charge in [0, 0.05) is 31.0 Å². The Bertz CT molecular complexity index is 632. The molecule has 0 bridgehead atoms. The summed E-state index contributed by atoms with van der Waals surface area (Å²) in [4.78, 5) is 2.60. The van der Waals surface area contributed by atoms with Crippen LogP contribution in [0.3, 0.4) is 0 Å². The van der Waals surface area contributed by atoms with Crippen LogP contribution in [0.1, 0.15) is 29.5 Å². The van der Waals surface area contributed by atoms with Crippen LogP contribution in [0.25, 0.3) is 0 Å². The lowest BCUT2D eigenvalue weighted by molar-refractivity contribution is 0.634. The predicted molar refractivity (Wildman–Crippen MR) is 89.1 cm³/mol. The van der Waals surface area contributed by atoms with Crippen LogP contribution in [0.2, 0.25) is 0 Å². The number of hydrogen-bond donors (Lipinski definition) is 1. The largest absolute Gasteiger partial charge is 0.381 e. The highest BCUT2D eigenvalue weighted by Crippen LogP contribution is 2.39. The Morgan fingerprint density at radius 1 is 0.905 bits per heavy atom. The first-order valence-electron chi connectivity index (χ1n) is 8.09. The highest BCUT2D eigenvalue weighted by atomic mass is 15.1. The number of rotatable bonds is 3. The molecule has 2 heterocycles. The number of benzene rings is 2. The molecule has 1 N–H and O–H groups in total. The molecule has 0 aliphatic carbocycles. The number of nitrogens with zero attached hydrogens (tertiary/aromatic N) is 1. The number of anilines is 2. The Labute approximate surface area is 126 Å². The second kappa shape index (κ2) is 5.44. The fraction of sp³-hybridized carbons (Fsp3) is 0.368. The van der Waals surface area contributed by atoms with Crippen molar-refractivity contribution in [2.24, 2.45) is 0 Å². The minimum Gasteiger partial charge on any atom is -0.381 e. The summed E-state index contributed by atoms with van der Waals surface area (Å²) in [6.07, 6.45) is 5.06. The van der Waals surface area contributed by atoms with Crippen LogP contribution in [0, 0.1) is 0 Å². The van der Waals surface area contributed by atoms with Gasteiger partial charge in [-0.3, -0.25) is 0 Å². The van der Waals surface area contributed by atoms with Crippen LogP contribution in [-0.2, 0) is 19.4 Å². The Balaban J connectivity index is 1.63. The van der Waals surface area contributed by atoms with Gasteiger partial charge < -0.3 is 10.2 Å². The molecule has 0 unspecified atom stereocenters. The molecule has 0 fully saturated rings. The van der Waals surface area contributed by atoms with E-state index >= 15 is 0 Å². The van der Waals surface area contributed by atoms with Gasteiger partial charge in [0.2, 0.25) is 0 Å². The van der Waals surface area contributed by atoms with E-state index < -0.39 is 0 Å². The zero-order valence-electron chi connectivity index (χ0n) is 12.4. The normalized spacial score (nSPS) is 16.5. The summed E-state index contributed by atoms with van der Waals surface area (Å²) < 4.78 is 0. The summed E-state index contributed by atoms with van der Waals surface area (Å²) in [7, 11) is 0. The summed E-state index contributed by atoms with van der Waals surface area (Å²) in [5.41, 5.74) is 7.33. The van der Waals surface area contributed by atoms with E-state index in [9.17, 15) is 0 Å². The third-order valence-electron chi connectivity index (χ3n) is 4.74. The second-order valence-electron chi connectivity index (χ2n) is 6.13. The van der Waals surface area contributed by atoms with Crippen LogP contribution >= 0.6 is 0 Å². The third kappa shape index (κ3) is 2.39. The van der Waals surface area contributed by atoms with Crippen molar-refractivity contribution in [3.8, 4) is 0 Å². The molecule has 0 saturated heterocycles. The number of hydrogen-bond acceptors (Lipinski definition) is 2. The zero-order valence-corrected chi connectivity index (χ0v) is 12.4. The lowest BCUT2D eigenvalue weighted by Crippen LogP contribution is -2.34. The Morgan fingerprint density at radius 2 is 1.71 bits per heavy atom. The Kier molecular flexibility index (Phi) is 3.30. The average molecular weight is 278 g/mol. The van der Waals surface area contributed by atoms with Crippen molar-refractivity contribution >= 4 is 11.4 Å². The minimum atomic E-state index is 0.909. The lowest BCUT2D eigenvalue weighted by atomic mass is 9.91. The van der Waals surface area contributed by atoms with Crippen molar-refractivity contribution in [1.82, 2.24) is 0 Å². The van der Waals surface area contributed by atoms with Crippen molar-refractivity contribution in [2.75, 3.05) is 23.3 Å². The molecule has 2 aromatic carbocycles. The van der Waals surface area contributed by atoms with Crippen LogP contribution in [0.15, 0.2) is 42.5 Å². The molecule has 2 aromatic rings. The molecule has 0 amide bonds. The highest BCUT2D eigenvalue weighted by Gasteiger charge is 2.25. The molecule has 4 rings (SSSR count). The molecule has 2 aliphatic rings. The van der Waals surface area contributed by atoms with E-state index in [0.29, 0.717) is 0 Å². The molecule has 0 saturated carbocycles. The topological polar surface area (TPSA) is 15.3 Å². The van der Waals surface area contributed by atoms with Crippen LogP contribution in [0.5, 0.6) is 0 Å². The van der Waals surface area contributed by atoms with Crippen LogP contribution in [-0.4, -0.2) is 13.1 Å². The maximum Gasteiger partial charge on any atom is 0.0452 e.